The lowest BCUT2D eigenvalue weighted by atomic mass is 10.1. The zero-order chi connectivity index (χ0) is 14.1. The molecule has 3 N–H and O–H groups in total. The van der Waals surface area contributed by atoms with Crippen molar-refractivity contribution in [2.24, 2.45) is 18.7 Å². The zero-order valence-corrected chi connectivity index (χ0v) is 12.5. The highest BCUT2D eigenvalue weighted by Crippen LogP contribution is 2.18. The number of aromatic nitrogens is 3. The number of hydrogen-bond donors (Lipinski definition) is 2. The van der Waals surface area contributed by atoms with Crippen LogP contribution in [0.4, 0.5) is 0 Å². The summed E-state index contributed by atoms with van der Waals surface area (Å²) in [6, 6.07) is -0.989. The molecule has 0 spiro atoms. The summed E-state index contributed by atoms with van der Waals surface area (Å²) in [7, 11) is -2.50. The Hall–Kier alpha value is -1.00. The van der Waals surface area contributed by atoms with Gasteiger partial charge >= 0.3 is 0 Å². The van der Waals surface area contributed by atoms with E-state index in [1.807, 2.05) is 0 Å². The van der Waals surface area contributed by atoms with Gasteiger partial charge in [-0.15, -0.1) is 5.10 Å². The molecule has 0 saturated carbocycles. The molecule has 1 aromatic rings. The van der Waals surface area contributed by atoms with Crippen LogP contribution >= 0.6 is 15.9 Å². The number of sulfonamides is 1. The second-order valence-electron chi connectivity index (χ2n) is 4.05. The number of nitrogens with one attached hydrogen (secondary N) is 1. The van der Waals surface area contributed by atoms with Crippen LogP contribution in [0, 0.1) is 5.92 Å². The smallest absolute Gasteiger partial charge is 0.261 e. The van der Waals surface area contributed by atoms with Gasteiger partial charge in [0.2, 0.25) is 10.9 Å². The van der Waals surface area contributed by atoms with E-state index in [-0.39, 0.29) is 15.5 Å². The largest absolute Gasteiger partial charge is 0.368 e. The highest BCUT2D eigenvalue weighted by atomic mass is 79.9. The molecule has 0 saturated heterocycles. The maximum Gasteiger partial charge on any atom is 0.261 e. The van der Waals surface area contributed by atoms with Gasteiger partial charge in [0.25, 0.3) is 10.0 Å². The quantitative estimate of drug-likeness (QED) is 0.739. The highest BCUT2D eigenvalue weighted by Gasteiger charge is 2.30. The van der Waals surface area contributed by atoms with E-state index in [0.717, 1.165) is 4.68 Å². The van der Waals surface area contributed by atoms with Crippen molar-refractivity contribution in [1.29, 1.82) is 0 Å². The fourth-order valence-electron chi connectivity index (χ4n) is 1.35. The van der Waals surface area contributed by atoms with E-state index in [1.165, 1.54) is 7.05 Å². The van der Waals surface area contributed by atoms with Gasteiger partial charge in [0, 0.05) is 7.05 Å². The number of rotatable bonds is 5. The van der Waals surface area contributed by atoms with Gasteiger partial charge in [0.1, 0.15) is 6.04 Å². The maximum absolute atomic E-state index is 12.1. The van der Waals surface area contributed by atoms with Crippen LogP contribution in [-0.2, 0) is 21.9 Å². The Labute approximate surface area is 113 Å². The summed E-state index contributed by atoms with van der Waals surface area (Å²) in [6.45, 7) is 3.38. The third kappa shape index (κ3) is 3.06. The van der Waals surface area contributed by atoms with Gasteiger partial charge in [0.05, 0.1) is 0 Å². The molecule has 0 fully saturated rings. The molecule has 0 aliphatic rings. The minimum Gasteiger partial charge on any atom is -0.368 e. The van der Waals surface area contributed by atoms with Crippen molar-refractivity contribution < 1.29 is 13.2 Å². The van der Waals surface area contributed by atoms with Crippen molar-refractivity contribution >= 4 is 31.9 Å². The number of nitrogens with zero attached hydrogens (tertiary/aromatic N) is 3. The van der Waals surface area contributed by atoms with Gasteiger partial charge in [-0.2, -0.15) is 4.72 Å². The second-order valence-corrected chi connectivity index (χ2v) is 6.43. The first kappa shape index (κ1) is 15.1. The molecule has 1 rings (SSSR count). The number of halogens is 1. The molecule has 0 aliphatic heterocycles. The van der Waals surface area contributed by atoms with E-state index >= 15 is 0 Å². The van der Waals surface area contributed by atoms with Crippen molar-refractivity contribution in [3.63, 3.8) is 0 Å². The Balaban J connectivity index is 3.13. The maximum atomic E-state index is 12.1. The number of amides is 1. The zero-order valence-electron chi connectivity index (χ0n) is 10.1. The molecule has 1 aromatic heterocycles. The first-order chi connectivity index (χ1) is 8.16. The topological polar surface area (TPSA) is 120 Å². The molecule has 18 heavy (non-hydrogen) atoms. The lowest BCUT2D eigenvalue weighted by Crippen LogP contribution is -2.47. The molecule has 1 amide bonds. The van der Waals surface area contributed by atoms with Gasteiger partial charge in [-0.3, -0.25) is 4.79 Å². The van der Waals surface area contributed by atoms with E-state index in [9.17, 15) is 13.2 Å². The van der Waals surface area contributed by atoms with E-state index in [2.05, 4.69) is 31.0 Å². The average Bonchev–Trinajstić information content (AvgIpc) is 2.54. The SMILES string of the molecule is CC(C)C(NS(=O)(=O)c1c(Br)nnn1C)C(N)=O. The van der Waals surface area contributed by atoms with Crippen LogP contribution < -0.4 is 10.5 Å². The van der Waals surface area contributed by atoms with E-state index < -0.39 is 22.0 Å². The molecule has 1 unspecified atom stereocenters. The Kier molecular flexibility index (Phi) is 4.46. The third-order valence-corrected chi connectivity index (χ3v) is 4.57. The predicted molar refractivity (Wildman–Crippen MR) is 66.8 cm³/mol. The predicted octanol–water partition coefficient (Wildman–Crippen LogP) is -0.634. The fourth-order valence-corrected chi connectivity index (χ4v) is 3.80. The van der Waals surface area contributed by atoms with Gasteiger partial charge < -0.3 is 5.73 Å². The molecule has 8 nitrogen and oxygen atoms in total. The van der Waals surface area contributed by atoms with Gasteiger partial charge in [-0.25, -0.2) is 13.1 Å². The standard InChI is InChI=1S/C8H14BrN5O3S/c1-4(2)5(7(10)15)12-18(16,17)8-6(9)11-13-14(8)3/h4-5,12H,1-3H3,(H2,10,15). The van der Waals surface area contributed by atoms with Crippen LogP contribution in [0.25, 0.3) is 0 Å². The molecule has 0 bridgehead atoms. The van der Waals surface area contributed by atoms with Crippen molar-refractivity contribution in [1.82, 2.24) is 19.7 Å². The Morgan fingerprint density at radius 3 is 2.39 bits per heavy atom. The highest BCUT2D eigenvalue weighted by molar-refractivity contribution is 9.10. The summed E-state index contributed by atoms with van der Waals surface area (Å²) in [5.74, 6) is -1.00. The van der Waals surface area contributed by atoms with E-state index in [1.54, 1.807) is 13.8 Å². The normalized spacial score (nSPS) is 13.8. The van der Waals surface area contributed by atoms with Crippen molar-refractivity contribution in [3.05, 3.63) is 4.60 Å². The molecule has 0 radical (unpaired) electrons. The van der Waals surface area contributed by atoms with E-state index in [4.69, 9.17) is 5.73 Å². The Morgan fingerprint density at radius 2 is 2.06 bits per heavy atom. The number of hydrogen-bond acceptors (Lipinski definition) is 5. The minimum atomic E-state index is -3.93. The lowest BCUT2D eigenvalue weighted by molar-refractivity contribution is -0.120. The number of nitrogens with two attached hydrogens (primary N) is 1. The molecule has 1 heterocycles. The van der Waals surface area contributed by atoms with Gasteiger partial charge in [-0.1, -0.05) is 19.1 Å². The molecular weight excluding hydrogens is 326 g/mol. The summed E-state index contributed by atoms with van der Waals surface area (Å²) in [5, 5.41) is 6.98. The van der Waals surface area contributed by atoms with Crippen LogP contribution in [0.15, 0.2) is 9.63 Å². The average molecular weight is 340 g/mol. The summed E-state index contributed by atoms with van der Waals surface area (Å²) in [4.78, 5) is 11.2. The minimum absolute atomic E-state index is 0.0736. The first-order valence-corrected chi connectivity index (χ1v) is 7.31. The molecule has 1 atom stereocenters. The molecule has 102 valence electrons. The fraction of sp³-hybridized carbons (Fsp3) is 0.625. The van der Waals surface area contributed by atoms with Crippen LogP contribution in [0.1, 0.15) is 13.8 Å². The summed E-state index contributed by atoms with van der Waals surface area (Å²) in [5.41, 5.74) is 5.16. The van der Waals surface area contributed by atoms with Crippen LogP contribution in [-0.4, -0.2) is 35.4 Å². The van der Waals surface area contributed by atoms with Crippen molar-refractivity contribution in [3.8, 4) is 0 Å². The van der Waals surface area contributed by atoms with Crippen molar-refractivity contribution in [2.75, 3.05) is 0 Å². The number of carbonyl (C=O) groups excluding carboxylic acids is 1. The number of carbonyl (C=O) groups is 1. The van der Waals surface area contributed by atoms with Crippen LogP contribution in [0.2, 0.25) is 0 Å². The summed E-state index contributed by atoms with van der Waals surface area (Å²) in [6.07, 6.45) is 0. The molecular formula is C8H14BrN5O3S. The number of primary amides is 1. The number of aryl methyl sites for hydroxylation is 1. The molecule has 0 aromatic carbocycles. The second kappa shape index (κ2) is 5.33. The third-order valence-electron chi connectivity index (χ3n) is 2.25. The monoisotopic (exact) mass is 339 g/mol. The Morgan fingerprint density at radius 1 is 1.50 bits per heavy atom. The van der Waals surface area contributed by atoms with Gasteiger partial charge in [-0.05, 0) is 21.8 Å². The Bertz CT molecular complexity index is 534. The summed E-state index contributed by atoms with van der Waals surface area (Å²) < 4.78 is 27.6. The first-order valence-electron chi connectivity index (χ1n) is 5.03. The van der Waals surface area contributed by atoms with Gasteiger partial charge in [0.15, 0.2) is 4.60 Å². The molecule has 0 aliphatic carbocycles. The van der Waals surface area contributed by atoms with Crippen molar-refractivity contribution in [2.45, 2.75) is 24.9 Å². The van der Waals surface area contributed by atoms with E-state index in [0.29, 0.717) is 0 Å². The lowest BCUT2D eigenvalue weighted by Gasteiger charge is -2.18. The van der Waals surface area contributed by atoms with Crippen LogP contribution in [0.5, 0.6) is 0 Å². The molecule has 10 heteroatoms. The van der Waals surface area contributed by atoms with Crippen LogP contribution in [0.3, 0.4) is 0 Å². The summed E-state index contributed by atoms with van der Waals surface area (Å²) >= 11 is 2.99.